The lowest BCUT2D eigenvalue weighted by atomic mass is 9.89. The largest absolute Gasteiger partial charge is 0.367 e. The van der Waals surface area contributed by atoms with E-state index in [2.05, 4.69) is 60.5 Å². The molecule has 3 rings (SSSR count). The first-order valence-corrected chi connectivity index (χ1v) is 7.78. The van der Waals surface area contributed by atoms with E-state index >= 15 is 0 Å². The van der Waals surface area contributed by atoms with E-state index in [1.165, 1.54) is 16.8 Å². The van der Waals surface area contributed by atoms with Gasteiger partial charge in [0.25, 0.3) is 0 Å². The summed E-state index contributed by atoms with van der Waals surface area (Å²) in [5.41, 5.74) is 3.67. The van der Waals surface area contributed by atoms with Crippen LogP contribution in [0, 0.1) is 6.92 Å². The summed E-state index contributed by atoms with van der Waals surface area (Å²) in [6, 6.07) is 16.8. The SMILES string of the molecule is Cc1cccc(Cl)c1N1CCNC(C)(c2ccccc2)C1. The Morgan fingerprint density at radius 2 is 1.86 bits per heavy atom. The number of rotatable bonds is 2. The number of para-hydroxylation sites is 1. The van der Waals surface area contributed by atoms with Crippen molar-refractivity contribution in [2.75, 3.05) is 24.5 Å². The van der Waals surface area contributed by atoms with Crippen LogP contribution in [0.5, 0.6) is 0 Å². The highest BCUT2D eigenvalue weighted by Crippen LogP contribution is 2.33. The Balaban J connectivity index is 1.93. The van der Waals surface area contributed by atoms with E-state index in [-0.39, 0.29) is 5.54 Å². The molecule has 0 aromatic heterocycles. The smallest absolute Gasteiger partial charge is 0.0642 e. The molecule has 1 unspecified atom stereocenters. The van der Waals surface area contributed by atoms with Gasteiger partial charge in [-0.3, -0.25) is 0 Å². The number of piperazine rings is 1. The van der Waals surface area contributed by atoms with Crippen LogP contribution in [0.1, 0.15) is 18.1 Å². The first-order valence-electron chi connectivity index (χ1n) is 7.41. The third-order valence-corrected chi connectivity index (χ3v) is 4.62. The van der Waals surface area contributed by atoms with Crippen molar-refractivity contribution in [3.8, 4) is 0 Å². The van der Waals surface area contributed by atoms with Crippen LogP contribution in [0.2, 0.25) is 5.02 Å². The fraction of sp³-hybridized carbons (Fsp3) is 0.333. The molecule has 0 saturated carbocycles. The minimum absolute atomic E-state index is 0.0505. The number of hydrogen-bond donors (Lipinski definition) is 1. The standard InChI is InChI=1S/C18H21ClN2/c1-14-7-6-10-16(19)17(14)21-12-11-20-18(2,13-21)15-8-4-3-5-9-15/h3-10,20H,11-13H2,1-2H3. The van der Waals surface area contributed by atoms with Crippen molar-refractivity contribution < 1.29 is 0 Å². The molecule has 0 aliphatic carbocycles. The van der Waals surface area contributed by atoms with Gasteiger partial charge in [-0.15, -0.1) is 0 Å². The summed E-state index contributed by atoms with van der Waals surface area (Å²) < 4.78 is 0. The van der Waals surface area contributed by atoms with Crippen LogP contribution in [0.15, 0.2) is 48.5 Å². The van der Waals surface area contributed by atoms with Crippen molar-refractivity contribution in [2.24, 2.45) is 0 Å². The van der Waals surface area contributed by atoms with Gasteiger partial charge in [-0.2, -0.15) is 0 Å². The summed E-state index contributed by atoms with van der Waals surface area (Å²) in [5.74, 6) is 0. The van der Waals surface area contributed by atoms with E-state index in [9.17, 15) is 0 Å². The van der Waals surface area contributed by atoms with E-state index < -0.39 is 0 Å². The van der Waals surface area contributed by atoms with Crippen molar-refractivity contribution in [3.63, 3.8) is 0 Å². The lowest BCUT2D eigenvalue weighted by molar-refractivity contribution is 0.332. The summed E-state index contributed by atoms with van der Waals surface area (Å²) >= 11 is 6.44. The minimum Gasteiger partial charge on any atom is -0.367 e. The molecule has 2 nitrogen and oxygen atoms in total. The first kappa shape index (κ1) is 14.4. The molecule has 1 saturated heterocycles. The Morgan fingerprint density at radius 3 is 2.57 bits per heavy atom. The predicted molar refractivity (Wildman–Crippen MR) is 90.2 cm³/mol. The second-order valence-electron chi connectivity index (χ2n) is 5.95. The van der Waals surface area contributed by atoms with Crippen molar-refractivity contribution in [1.82, 2.24) is 5.32 Å². The number of benzene rings is 2. The first-order chi connectivity index (χ1) is 10.1. The Morgan fingerprint density at radius 1 is 1.10 bits per heavy atom. The van der Waals surface area contributed by atoms with Gasteiger partial charge >= 0.3 is 0 Å². The molecule has 0 spiro atoms. The number of nitrogens with one attached hydrogen (secondary N) is 1. The van der Waals surface area contributed by atoms with Gasteiger partial charge < -0.3 is 10.2 Å². The van der Waals surface area contributed by atoms with Gasteiger partial charge in [0.1, 0.15) is 0 Å². The zero-order chi connectivity index (χ0) is 14.9. The van der Waals surface area contributed by atoms with E-state index in [1.807, 2.05) is 12.1 Å². The van der Waals surface area contributed by atoms with E-state index in [4.69, 9.17) is 11.6 Å². The molecule has 0 amide bonds. The van der Waals surface area contributed by atoms with Gasteiger partial charge in [0, 0.05) is 19.6 Å². The van der Waals surface area contributed by atoms with Gasteiger partial charge in [0.2, 0.25) is 0 Å². The van der Waals surface area contributed by atoms with Crippen LogP contribution in [-0.2, 0) is 5.54 Å². The van der Waals surface area contributed by atoms with Crippen molar-refractivity contribution in [2.45, 2.75) is 19.4 Å². The number of nitrogens with zero attached hydrogens (tertiary/aromatic N) is 1. The Bertz CT molecular complexity index is 606. The maximum atomic E-state index is 6.44. The minimum atomic E-state index is -0.0505. The van der Waals surface area contributed by atoms with Crippen LogP contribution in [-0.4, -0.2) is 19.6 Å². The maximum Gasteiger partial charge on any atom is 0.0642 e. The molecule has 1 heterocycles. The van der Waals surface area contributed by atoms with Crippen LogP contribution in [0.25, 0.3) is 0 Å². The number of hydrogen-bond acceptors (Lipinski definition) is 2. The number of anilines is 1. The second-order valence-corrected chi connectivity index (χ2v) is 6.36. The molecule has 1 aliphatic rings. The summed E-state index contributed by atoms with van der Waals surface area (Å²) in [6.07, 6.45) is 0. The molecule has 2 aromatic carbocycles. The van der Waals surface area contributed by atoms with E-state index in [0.29, 0.717) is 0 Å². The molecule has 2 aromatic rings. The fourth-order valence-corrected chi connectivity index (χ4v) is 3.54. The van der Waals surface area contributed by atoms with Crippen molar-refractivity contribution in [1.29, 1.82) is 0 Å². The molecule has 0 bridgehead atoms. The van der Waals surface area contributed by atoms with Gasteiger partial charge in [-0.25, -0.2) is 0 Å². The quantitative estimate of drug-likeness (QED) is 0.902. The van der Waals surface area contributed by atoms with Crippen LogP contribution >= 0.6 is 11.6 Å². The third kappa shape index (κ3) is 2.78. The van der Waals surface area contributed by atoms with Gasteiger partial charge in [-0.1, -0.05) is 54.1 Å². The van der Waals surface area contributed by atoms with Crippen molar-refractivity contribution in [3.05, 3.63) is 64.7 Å². The highest BCUT2D eigenvalue weighted by molar-refractivity contribution is 6.33. The predicted octanol–water partition coefficient (Wildman–Crippen LogP) is 3.97. The summed E-state index contributed by atoms with van der Waals surface area (Å²) in [4.78, 5) is 2.40. The lowest BCUT2D eigenvalue weighted by Crippen LogP contribution is -2.57. The molecule has 110 valence electrons. The van der Waals surface area contributed by atoms with E-state index in [0.717, 1.165) is 24.7 Å². The normalized spacial score (nSPS) is 22.3. The summed E-state index contributed by atoms with van der Waals surface area (Å²) in [7, 11) is 0. The maximum absolute atomic E-state index is 6.44. The van der Waals surface area contributed by atoms with Crippen LogP contribution < -0.4 is 10.2 Å². The fourth-order valence-electron chi connectivity index (χ4n) is 3.20. The molecule has 21 heavy (non-hydrogen) atoms. The Hall–Kier alpha value is -1.51. The zero-order valence-corrected chi connectivity index (χ0v) is 13.3. The third-order valence-electron chi connectivity index (χ3n) is 4.32. The molecular weight excluding hydrogens is 280 g/mol. The van der Waals surface area contributed by atoms with Crippen molar-refractivity contribution >= 4 is 17.3 Å². The van der Waals surface area contributed by atoms with Gasteiger partial charge in [0.15, 0.2) is 0 Å². The Labute approximate surface area is 131 Å². The van der Waals surface area contributed by atoms with E-state index in [1.54, 1.807) is 0 Å². The average molecular weight is 301 g/mol. The van der Waals surface area contributed by atoms with Gasteiger partial charge in [0.05, 0.1) is 16.2 Å². The highest BCUT2D eigenvalue weighted by Gasteiger charge is 2.33. The number of aryl methyl sites for hydroxylation is 1. The molecule has 1 atom stereocenters. The summed E-state index contributed by atoms with van der Waals surface area (Å²) in [5, 5.41) is 4.51. The van der Waals surface area contributed by atoms with Crippen LogP contribution in [0.3, 0.4) is 0 Å². The average Bonchev–Trinajstić information content (AvgIpc) is 2.48. The lowest BCUT2D eigenvalue weighted by Gasteiger charge is -2.43. The van der Waals surface area contributed by atoms with Crippen LogP contribution in [0.4, 0.5) is 5.69 Å². The van der Waals surface area contributed by atoms with Gasteiger partial charge in [-0.05, 0) is 31.0 Å². The molecular formula is C18H21ClN2. The zero-order valence-electron chi connectivity index (χ0n) is 12.6. The summed E-state index contributed by atoms with van der Waals surface area (Å²) in [6.45, 7) is 7.24. The molecule has 1 aliphatic heterocycles. The Kier molecular flexibility index (Phi) is 3.92. The molecule has 1 fully saturated rings. The molecule has 0 radical (unpaired) electrons. The monoisotopic (exact) mass is 300 g/mol. The molecule has 3 heteroatoms. The number of halogens is 1. The topological polar surface area (TPSA) is 15.3 Å². The highest BCUT2D eigenvalue weighted by atomic mass is 35.5. The molecule has 1 N–H and O–H groups in total. The second kappa shape index (κ2) is 5.70.